The third kappa shape index (κ3) is 13.2. The summed E-state index contributed by atoms with van der Waals surface area (Å²) in [6.45, 7) is -0.644. The lowest BCUT2D eigenvalue weighted by Crippen LogP contribution is -2.47. The molecule has 0 aliphatic carbocycles. The second-order valence-corrected chi connectivity index (χ2v) is 15.2. The zero-order valence-electron chi connectivity index (χ0n) is 28.3. The first kappa shape index (κ1) is 43.0. The van der Waals surface area contributed by atoms with Gasteiger partial charge < -0.3 is 0 Å². The van der Waals surface area contributed by atoms with Crippen molar-refractivity contribution in [2.45, 2.75) is 32.4 Å². The van der Waals surface area contributed by atoms with Gasteiger partial charge in [-0.3, -0.25) is 40.6 Å². The number of rotatable bonds is 12. The van der Waals surface area contributed by atoms with E-state index in [4.69, 9.17) is 5.84 Å². The summed E-state index contributed by atoms with van der Waals surface area (Å²) in [6, 6.07) is 16.7. The summed E-state index contributed by atoms with van der Waals surface area (Å²) in [4.78, 5) is 42.0. The minimum absolute atomic E-state index is 0.0180. The van der Waals surface area contributed by atoms with Gasteiger partial charge in [0, 0.05) is 47.7 Å². The number of nitrogens with zero attached hydrogens (tertiary/aromatic N) is 4. The third-order valence-corrected chi connectivity index (χ3v) is 9.46. The molecular weight excluding hydrogens is 768 g/mol. The minimum atomic E-state index is -5.20. The predicted octanol–water partition coefficient (Wildman–Crippen LogP) is 2.29. The van der Waals surface area contributed by atoms with E-state index in [0.717, 1.165) is 44.7 Å². The molecule has 0 saturated heterocycles. The van der Waals surface area contributed by atoms with Crippen molar-refractivity contribution >= 4 is 37.8 Å². The van der Waals surface area contributed by atoms with Crippen LogP contribution in [0, 0.1) is 11.6 Å². The van der Waals surface area contributed by atoms with Gasteiger partial charge in [0.1, 0.15) is 11.6 Å². The fourth-order valence-electron chi connectivity index (χ4n) is 4.28. The van der Waals surface area contributed by atoms with E-state index < -0.39 is 55.6 Å². The van der Waals surface area contributed by atoms with Gasteiger partial charge in [0.15, 0.2) is 0 Å². The fraction of sp³-hybridized carbons (Fsp3) is 0.219. The van der Waals surface area contributed by atoms with Crippen LogP contribution in [0.5, 0.6) is 0 Å². The number of halogens is 5. The summed E-state index contributed by atoms with van der Waals surface area (Å²) in [6.07, 6.45) is -0.188. The van der Waals surface area contributed by atoms with Gasteiger partial charge in [-0.25, -0.2) is 31.5 Å². The number of benzene rings is 2. The van der Waals surface area contributed by atoms with Crippen molar-refractivity contribution in [3.8, 4) is 0 Å². The molecule has 0 unspecified atom stereocenters. The van der Waals surface area contributed by atoms with E-state index in [0.29, 0.717) is 17.5 Å². The Hall–Kier alpha value is -5.42. The second-order valence-electron chi connectivity index (χ2n) is 11.2. The number of hydrogen-bond donors (Lipinski definition) is 4. The SMILES string of the molecule is CS(=O)(=O)N(Cc1ccccn1)Cc1ccc(C(=O)NN)cc1F.CS(=O)(=O)N(Cc1ccccn1)Cc1ccc(C(=O)NNC(=O)C(F)(F)F)cc1F. The van der Waals surface area contributed by atoms with Crippen molar-refractivity contribution in [1.82, 2.24) is 34.9 Å². The molecule has 0 atom stereocenters. The number of carbonyl (C=O) groups excluding carboxylic acids is 3. The number of carbonyl (C=O) groups is 3. The number of pyridine rings is 2. The number of hydrazine groups is 2. The van der Waals surface area contributed by atoms with E-state index in [1.54, 1.807) is 42.6 Å². The number of aromatic nitrogens is 2. The maximum atomic E-state index is 14.4. The van der Waals surface area contributed by atoms with Crippen molar-refractivity contribution in [2.24, 2.45) is 5.84 Å². The Morgan fingerprint density at radius 2 is 1.09 bits per heavy atom. The van der Waals surface area contributed by atoms with Crippen LogP contribution in [0.1, 0.15) is 43.2 Å². The van der Waals surface area contributed by atoms with Gasteiger partial charge in [-0.2, -0.15) is 21.8 Å². The lowest BCUT2D eigenvalue weighted by molar-refractivity contribution is -0.174. The van der Waals surface area contributed by atoms with Gasteiger partial charge >= 0.3 is 12.1 Å². The van der Waals surface area contributed by atoms with Crippen LogP contribution in [0.2, 0.25) is 0 Å². The Balaban J connectivity index is 0.000000297. The molecule has 5 N–H and O–H groups in total. The van der Waals surface area contributed by atoms with Crippen molar-refractivity contribution in [3.63, 3.8) is 0 Å². The standard InChI is InChI=1S/C17H16F4N4O4S.C15H17FN4O3S/c1-30(28,29)25(10-13-4-2-3-7-22-13)9-12-6-5-11(8-14(12)18)15(26)23-24-16(27)17(19,20)21;1-24(22,23)20(10-13-4-2-3-7-18-13)9-12-6-5-11(8-14(12)16)15(21)19-17/h2-8H,9-10H2,1H3,(H,23,26)(H,24,27);2-8H,9-10,17H2,1H3,(H,19,21). The first-order valence-electron chi connectivity index (χ1n) is 15.1. The van der Waals surface area contributed by atoms with E-state index in [1.165, 1.54) is 23.8 Å². The summed E-state index contributed by atoms with van der Waals surface area (Å²) < 4.78 is 115. The molecule has 3 amide bonds. The molecule has 0 aliphatic heterocycles. The normalized spacial score (nSPS) is 11.7. The Labute approximate surface area is 306 Å². The number of nitrogens with two attached hydrogens (primary N) is 1. The Kier molecular flexibility index (Phi) is 14.8. The number of amides is 3. The number of nitrogens with one attached hydrogen (secondary N) is 3. The third-order valence-electron chi connectivity index (χ3n) is 7.07. The Bertz CT molecular complexity index is 2170. The molecule has 0 bridgehead atoms. The summed E-state index contributed by atoms with van der Waals surface area (Å²) in [7, 11) is -7.33. The summed E-state index contributed by atoms with van der Waals surface area (Å²) in [5.74, 6) is -0.865. The number of sulfonamides is 2. The highest BCUT2D eigenvalue weighted by Gasteiger charge is 2.39. The molecule has 2 heterocycles. The van der Waals surface area contributed by atoms with E-state index in [1.807, 2.05) is 5.43 Å². The van der Waals surface area contributed by atoms with Crippen molar-refractivity contribution < 1.29 is 53.2 Å². The Morgan fingerprint density at radius 1 is 0.667 bits per heavy atom. The average molecular weight is 801 g/mol. The maximum Gasteiger partial charge on any atom is 0.472 e. The van der Waals surface area contributed by atoms with E-state index in [-0.39, 0.29) is 48.4 Å². The molecule has 0 aliphatic rings. The zero-order valence-corrected chi connectivity index (χ0v) is 30.0. The molecule has 4 aromatic rings. The molecule has 0 radical (unpaired) electrons. The maximum absolute atomic E-state index is 14.4. The molecule has 4 rings (SSSR count). The highest BCUT2D eigenvalue weighted by Crippen LogP contribution is 2.19. The largest absolute Gasteiger partial charge is 0.472 e. The van der Waals surface area contributed by atoms with Gasteiger partial charge in [-0.15, -0.1) is 0 Å². The number of hydrogen-bond acceptors (Lipinski definition) is 10. The second kappa shape index (κ2) is 18.6. The van der Waals surface area contributed by atoms with Crippen LogP contribution >= 0.6 is 0 Å². The molecular formula is C32H33F5N8O7S2. The highest BCUT2D eigenvalue weighted by atomic mass is 32.2. The molecule has 2 aromatic heterocycles. The minimum Gasteiger partial charge on any atom is -0.290 e. The summed E-state index contributed by atoms with van der Waals surface area (Å²) >= 11 is 0. The van der Waals surface area contributed by atoms with Gasteiger partial charge in [0.25, 0.3) is 11.8 Å². The molecule has 290 valence electrons. The predicted molar refractivity (Wildman–Crippen MR) is 183 cm³/mol. The van der Waals surface area contributed by atoms with Gasteiger partial charge in [-0.1, -0.05) is 24.3 Å². The van der Waals surface area contributed by atoms with Crippen LogP contribution in [0.3, 0.4) is 0 Å². The smallest absolute Gasteiger partial charge is 0.290 e. The van der Waals surface area contributed by atoms with E-state index in [2.05, 4.69) is 9.97 Å². The summed E-state index contributed by atoms with van der Waals surface area (Å²) in [5.41, 5.74) is 5.28. The van der Waals surface area contributed by atoms with Crippen molar-refractivity contribution in [2.75, 3.05) is 12.5 Å². The molecule has 0 fully saturated rings. The molecule has 0 saturated carbocycles. The van der Waals surface area contributed by atoms with Crippen LogP contribution in [0.4, 0.5) is 22.0 Å². The van der Waals surface area contributed by atoms with Crippen molar-refractivity contribution in [3.05, 3.63) is 130 Å². The first-order valence-corrected chi connectivity index (χ1v) is 18.8. The van der Waals surface area contributed by atoms with Crippen LogP contribution in [-0.4, -0.2) is 71.8 Å². The van der Waals surface area contributed by atoms with Crippen molar-refractivity contribution in [1.29, 1.82) is 0 Å². The lowest BCUT2D eigenvalue weighted by atomic mass is 10.1. The molecule has 0 spiro atoms. The van der Waals surface area contributed by atoms with Crippen LogP contribution < -0.4 is 22.1 Å². The van der Waals surface area contributed by atoms with Crippen LogP contribution in [0.15, 0.2) is 85.2 Å². The molecule has 22 heteroatoms. The Morgan fingerprint density at radius 3 is 1.43 bits per heavy atom. The highest BCUT2D eigenvalue weighted by molar-refractivity contribution is 7.88. The average Bonchev–Trinajstić information content (AvgIpc) is 3.10. The number of nitrogen functional groups attached to an aromatic ring is 1. The fourth-order valence-corrected chi connectivity index (χ4v) is 5.76. The van der Waals surface area contributed by atoms with Gasteiger partial charge in [0.05, 0.1) is 37.0 Å². The van der Waals surface area contributed by atoms with Crippen LogP contribution in [-0.2, 0) is 51.0 Å². The van der Waals surface area contributed by atoms with E-state index >= 15 is 0 Å². The first-order chi connectivity index (χ1) is 25.2. The molecule has 54 heavy (non-hydrogen) atoms. The summed E-state index contributed by atoms with van der Waals surface area (Å²) in [5, 5.41) is 0. The monoisotopic (exact) mass is 800 g/mol. The van der Waals surface area contributed by atoms with E-state index in [9.17, 15) is 53.2 Å². The molecule has 15 nitrogen and oxygen atoms in total. The zero-order chi connectivity index (χ0) is 40.3. The van der Waals surface area contributed by atoms with Gasteiger partial charge in [0.2, 0.25) is 20.0 Å². The lowest BCUT2D eigenvalue weighted by Gasteiger charge is -2.20. The molecule has 2 aromatic carbocycles. The van der Waals surface area contributed by atoms with Crippen LogP contribution in [0.25, 0.3) is 0 Å². The topological polar surface area (TPSA) is 214 Å². The van der Waals surface area contributed by atoms with Gasteiger partial charge in [-0.05, 0) is 48.5 Å². The number of alkyl halides is 3. The quantitative estimate of drug-likeness (QED) is 0.0710.